The molecule has 16 aliphatic rings. The maximum absolute atomic E-state index is 12.5. The van der Waals surface area contributed by atoms with Gasteiger partial charge in [0.1, 0.15) is 42.4 Å². The number of rotatable bonds is 24. The second kappa shape index (κ2) is 43.5. The maximum Gasteiger partial charge on any atom is 0.510 e. The molecule has 1 N–H and O–H groups in total. The van der Waals surface area contributed by atoms with Gasteiger partial charge in [-0.25, -0.2) is 19.2 Å². The lowest BCUT2D eigenvalue weighted by Gasteiger charge is -2.61. The zero-order valence-electron chi connectivity index (χ0n) is 88.8. The molecule has 0 aromatic heterocycles. The highest BCUT2D eigenvalue weighted by Gasteiger charge is 2.68. The van der Waals surface area contributed by atoms with Crippen LogP contribution in [-0.4, -0.2) is 84.0 Å². The molecule has 0 radical (unpaired) electrons. The van der Waals surface area contributed by atoms with Gasteiger partial charge in [-0.3, -0.25) is 14.9 Å². The topological polar surface area (TPSA) is 188 Å². The second-order valence-electron chi connectivity index (χ2n) is 50.7. The Morgan fingerprint density at radius 1 is 0.456 bits per heavy atom. The third-order valence-corrected chi connectivity index (χ3v) is 42.4. The van der Waals surface area contributed by atoms with Crippen LogP contribution in [0.15, 0.2) is 59.2 Å². The van der Waals surface area contributed by atoms with Crippen molar-refractivity contribution in [2.24, 2.45) is 156 Å². The number of benzene rings is 1. The number of nitrogens with one attached hydrogen (secondary N) is 1. The number of hydrogen-bond donors (Lipinski definition) is 1. The van der Waals surface area contributed by atoms with Gasteiger partial charge in [-0.1, -0.05) is 191 Å². The van der Waals surface area contributed by atoms with Crippen LogP contribution in [-0.2, 0) is 42.7 Å². The quantitative estimate of drug-likeness (QED) is 0.0445. The van der Waals surface area contributed by atoms with Gasteiger partial charge in [0, 0.05) is 43.2 Å². The smallest absolute Gasteiger partial charge is 0.490 e. The van der Waals surface area contributed by atoms with Gasteiger partial charge in [-0.2, -0.15) is 0 Å². The Labute approximate surface area is 824 Å². The summed E-state index contributed by atoms with van der Waals surface area (Å²) in [5.41, 5.74) is 5.35. The molecule has 0 spiro atoms. The summed E-state index contributed by atoms with van der Waals surface area (Å²) in [5, 5.41) is 2.82. The molecule has 17 rings (SSSR count). The minimum Gasteiger partial charge on any atom is -0.490 e. The Morgan fingerprint density at radius 2 is 1.00 bits per heavy atom. The van der Waals surface area contributed by atoms with Crippen LogP contribution in [0.5, 0.6) is 5.75 Å². The Kier molecular flexibility index (Phi) is 33.8. The average molecular weight is 1880 g/mol. The number of fused-ring (bicyclic) bond motifs is 20. The van der Waals surface area contributed by atoms with Crippen molar-refractivity contribution in [2.75, 3.05) is 5.32 Å². The molecule has 0 saturated heterocycles. The summed E-state index contributed by atoms with van der Waals surface area (Å²) in [6.07, 6.45) is 65.3. The predicted octanol–water partition coefficient (Wildman–Crippen LogP) is 31.5. The highest BCUT2D eigenvalue weighted by molar-refractivity contribution is 5.92. The molecule has 1 aromatic rings. The molecule has 758 valence electrons. The van der Waals surface area contributed by atoms with E-state index >= 15 is 0 Å². The van der Waals surface area contributed by atoms with Crippen molar-refractivity contribution < 1.29 is 66.7 Å². The first kappa shape index (κ1) is 106. The number of hydrogen-bond acceptors (Lipinski definition) is 14. The molecule has 0 heterocycles. The van der Waals surface area contributed by atoms with E-state index in [0.717, 1.165) is 211 Å². The van der Waals surface area contributed by atoms with Crippen LogP contribution in [0.4, 0.5) is 24.9 Å². The van der Waals surface area contributed by atoms with Gasteiger partial charge in [-0.05, 0) is 420 Å². The monoisotopic (exact) mass is 1880 g/mol. The molecule has 15 nitrogen and oxygen atoms in total. The summed E-state index contributed by atoms with van der Waals surface area (Å²) in [6.45, 7) is 47.8. The highest BCUT2D eigenvalue weighted by atomic mass is 16.7. The number of anilines is 1. The van der Waals surface area contributed by atoms with Gasteiger partial charge in [-0.15, -0.1) is 12.8 Å². The summed E-state index contributed by atoms with van der Waals surface area (Å²) in [6, 6.07) is 7.76. The average Bonchev–Trinajstić information content (AvgIpc) is 1.43. The van der Waals surface area contributed by atoms with E-state index < -0.39 is 35.8 Å². The molecule has 13 saturated carbocycles. The number of ketones is 2. The van der Waals surface area contributed by atoms with Crippen molar-refractivity contribution in [3.05, 3.63) is 59.2 Å². The summed E-state index contributed by atoms with van der Waals surface area (Å²) in [4.78, 5) is 73.1. The van der Waals surface area contributed by atoms with E-state index in [2.05, 4.69) is 113 Å². The Bertz CT molecular complexity index is 4480. The number of ether oxygens (including phenoxy) is 8. The van der Waals surface area contributed by atoms with Crippen LogP contribution in [0.2, 0.25) is 0 Å². The van der Waals surface area contributed by atoms with Crippen molar-refractivity contribution in [2.45, 2.75) is 469 Å². The van der Waals surface area contributed by atoms with Crippen molar-refractivity contribution >= 4 is 41.8 Å². The van der Waals surface area contributed by atoms with Gasteiger partial charge >= 0.3 is 24.6 Å². The first-order valence-corrected chi connectivity index (χ1v) is 56.1. The molecule has 1 aromatic carbocycles. The molecule has 136 heavy (non-hydrogen) atoms. The van der Waals surface area contributed by atoms with Crippen LogP contribution >= 0.6 is 0 Å². The summed E-state index contributed by atoms with van der Waals surface area (Å²) in [7, 11) is 0. The SMILES string of the molecule is C#CC1(OC(=O)OC(C)CC)CC2C3CCC4=CC(=O)CCC4C3CCC2(C)C1.C#CC1(OC(=O)OC(C)CC)CCC2C3CCC4=CC(=O)CCC4(C)C3CCC21C.CCC(C)OC(=O)Nc1ccc(OC2CCC3(C)C(=CCC4C3CCC3(C)C(C(C)CCCC(C)C)CCC43)C2)cc1.CCC(C)OC(=O)OC1CCC2(C)C(CCC3C2CCC2(C)C(C(C)CCCC(C)C)CCC32)C1. The van der Waals surface area contributed by atoms with E-state index in [9.17, 15) is 28.8 Å². The maximum atomic E-state index is 12.5. The minimum absolute atomic E-state index is 0.0533. The van der Waals surface area contributed by atoms with E-state index in [1.54, 1.807) is 5.57 Å². The third kappa shape index (κ3) is 21.8. The van der Waals surface area contributed by atoms with E-state index in [1.165, 1.54) is 140 Å². The molecule has 16 aliphatic carbocycles. The van der Waals surface area contributed by atoms with Crippen LogP contribution < -0.4 is 10.1 Å². The number of carbonyl (C=O) groups excluding carboxylic acids is 6. The van der Waals surface area contributed by atoms with Crippen LogP contribution in [0.1, 0.15) is 421 Å². The summed E-state index contributed by atoms with van der Waals surface area (Å²) in [5.74, 6) is 22.5. The molecular formula is C121H185NO14. The first-order chi connectivity index (χ1) is 64.6. The summed E-state index contributed by atoms with van der Waals surface area (Å²) >= 11 is 0. The highest BCUT2D eigenvalue weighted by Crippen LogP contribution is 2.73. The fourth-order valence-corrected chi connectivity index (χ4v) is 34.1. The summed E-state index contributed by atoms with van der Waals surface area (Å²) < 4.78 is 45.6. The van der Waals surface area contributed by atoms with Crippen molar-refractivity contribution in [3.8, 4) is 30.4 Å². The van der Waals surface area contributed by atoms with Gasteiger partial charge in [0.25, 0.3) is 0 Å². The van der Waals surface area contributed by atoms with Crippen molar-refractivity contribution in [1.82, 2.24) is 0 Å². The van der Waals surface area contributed by atoms with Crippen LogP contribution in [0, 0.1) is 181 Å². The number of terminal acetylenes is 2. The Hall–Kier alpha value is -6.22. The molecule has 0 bridgehead atoms. The lowest BCUT2D eigenvalue weighted by atomic mass is 9.44. The zero-order chi connectivity index (χ0) is 98.0. The predicted molar refractivity (Wildman–Crippen MR) is 545 cm³/mol. The van der Waals surface area contributed by atoms with E-state index in [1.807, 2.05) is 91.8 Å². The van der Waals surface area contributed by atoms with Gasteiger partial charge < -0.3 is 37.9 Å². The van der Waals surface area contributed by atoms with Gasteiger partial charge in [0.05, 0.1) is 0 Å². The largest absolute Gasteiger partial charge is 0.510 e. The molecular weight excluding hydrogens is 1690 g/mol. The fourth-order valence-electron chi connectivity index (χ4n) is 34.1. The van der Waals surface area contributed by atoms with Crippen molar-refractivity contribution in [1.29, 1.82) is 0 Å². The lowest BCUT2D eigenvalue weighted by molar-refractivity contribution is -0.133. The zero-order valence-corrected chi connectivity index (χ0v) is 88.8. The van der Waals surface area contributed by atoms with Crippen LogP contribution in [0.3, 0.4) is 0 Å². The molecule has 15 heteroatoms. The number of carbonyl (C=O) groups is 6. The minimum atomic E-state index is -0.882. The van der Waals surface area contributed by atoms with Gasteiger partial charge in [0.15, 0.2) is 22.8 Å². The standard InChI is InChI=1S/C38H59NO3.C32H56O3.C26H36O4.C25H34O4/c1-8-27(5)41-36(40)39-29-13-15-30(16-14-29)42-31-20-22-37(6)28(24-31)12-17-32-34-19-18-33(26(4)11-9-10-25(2)3)38(34,7)23-21-35(32)37;1-8-23(5)34-30(33)35-25-16-18-31(6)24(20-25)12-13-26-28-15-14-27(22(4)11-9-10-21(2)3)32(28,7)19-17-29(26)31;1-6-17(3)29-23(28)30-26(7-2)15-12-22-20-9-8-18-16-19(27)10-13-24(18,4)21(20)11-14-25(22,26)5;1-5-16(3)28-23(27)29-25(6-2)14-22-21-9-7-17-13-18(26)8-10-19(17)20(21)11-12-24(22,4)15-25/h12-16,25-27,31-35H,8-11,17-24H2,1-7H3,(H,39,40);21-29H,8-20H2,1-7H3;2,16-17,20-22H,6,8-15H2,1,3-5H3;2,13,16,19-22H,5,7-12,14-15H2,1,3-4H3. The van der Waals surface area contributed by atoms with Gasteiger partial charge in [0.2, 0.25) is 0 Å². The van der Waals surface area contributed by atoms with Crippen molar-refractivity contribution in [3.63, 3.8) is 0 Å². The number of allylic oxidation sites excluding steroid dienone is 3. The molecule has 13 fully saturated rings. The first-order valence-electron chi connectivity index (χ1n) is 56.1. The Balaban J connectivity index is 0.000000147. The lowest BCUT2D eigenvalue weighted by Crippen LogP contribution is -2.55. The second-order valence-corrected chi connectivity index (χ2v) is 50.7. The molecule has 33 atom stereocenters. The Morgan fingerprint density at radius 3 is 1.62 bits per heavy atom. The normalized spacial score (nSPS) is 40.3. The third-order valence-electron chi connectivity index (χ3n) is 42.4. The van der Waals surface area contributed by atoms with Crippen LogP contribution in [0.25, 0.3) is 0 Å². The van der Waals surface area contributed by atoms with E-state index in [0.29, 0.717) is 99.8 Å². The molecule has 1 amide bonds. The fraction of sp³-hybridized carbons (Fsp3) is 0.818. The van der Waals surface area contributed by atoms with E-state index in [4.69, 9.17) is 50.7 Å². The molecule has 0 aliphatic heterocycles. The van der Waals surface area contributed by atoms with E-state index in [-0.39, 0.29) is 52.9 Å². The molecule has 33 unspecified atom stereocenters. The number of amides is 1.